The highest BCUT2D eigenvalue weighted by Gasteiger charge is 2.18. The fourth-order valence-corrected chi connectivity index (χ4v) is 4.90. The molecule has 2 unspecified atom stereocenters. The fourth-order valence-electron chi connectivity index (χ4n) is 3.88. The number of carbonyl (C=O) groups is 1. The zero-order chi connectivity index (χ0) is 27.6. The average Bonchev–Trinajstić information content (AvgIpc) is 3.38. The molecule has 2 atom stereocenters. The van der Waals surface area contributed by atoms with E-state index in [4.69, 9.17) is 17.3 Å². The molecule has 2 aromatic heterocycles. The maximum Gasteiger partial charge on any atom is 0.259 e. The Kier molecular flexibility index (Phi) is 10.3. The van der Waals surface area contributed by atoms with Crippen LogP contribution in [-0.4, -0.2) is 42.7 Å². The van der Waals surface area contributed by atoms with Crippen LogP contribution in [0.5, 0.6) is 0 Å². The van der Waals surface area contributed by atoms with Crippen LogP contribution in [0.25, 0.3) is 0 Å². The highest BCUT2D eigenvalue weighted by Crippen LogP contribution is 2.21. The Labute approximate surface area is 235 Å². The van der Waals surface area contributed by atoms with Crippen LogP contribution in [0.4, 0.5) is 10.9 Å². The number of aromatic nitrogens is 4. The van der Waals surface area contributed by atoms with E-state index in [1.807, 2.05) is 24.3 Å². The zero-order valence-corrected chi connectivity index (χ0v) is 22.7. The lowest BCUT2D eigenvalue weighted by Gasteiger charge is -2.12. The number of aliphatic hydroxyl groups is 2. The van der Waals surface area contributed by atoms with E-state index in [0.717, 1.165) is 47.5 Å². The molecule has 10 nitrogen and oxygen atoms in total. The van der Waals surface area contributed by atoms with Crippen molar-refractivity contribution in [2.45, 2.75) is 51.0 Å². The predicted molar refractivity (Wildman–Crippen MR) is 151 cm³/mol. The summed E-state index contributed by atoms with van der Waals surface area (Å²) in [5.74, 6) is -0.355. The van der Waals surface area contributed by atoms with E-state index in [0.29, 0.717) is 28.7 Å². The van der Waals surface area contributed by atoms with Crippen LogP contribution in [0.3, 0.4) is 0 Å². The molecule has 4 rings (SSSR count). The van der Waals surface area contributed by atoms with E-state index < -0.39 is 18.2 Å². The van der Waals surface area contributed by atoms with E-state index in [9.17, 15) is 15.0 Å². The van der Waals surface area contributed by atoms with Crippen LogP contribution in [0.1, 0.15) is 46.3 Å². The summed E-state index contributed by atoms with van der Waals surface area (Å²) < 4.78 is 0. The number of aryl methyl sites for hydroxylation is 2. The maximum absolute atomic E-state index is 12.3. The van der Waals surface area contributed by atoms with Crippen molar-refractivity contribution in [3.63, 3.8) is 0 Å². The van der Waals surface area contributed by atoms with Gasteiger partial charge in [-0.15, -0.1) is 15.3 Å². The molecule has 204 valence electrons. The normalized spacial score (nSPS) is 12.6. The first-order valence-corrected chi connectivity index (χ1v) is 13.7. The number of rotatable bonds is 13. The van der Waals surface area contributed by atoms with E-state index in [2.05, 4.69) is 31.0 Å². The van der Waals surface area contributed by atoms with Gasteiger partial charge in [0.1, 0.15) is 11.2 Å². The summed E-state index contributed by atoms with van der Waals surface area (Å²) in [5, 5.41) is 44.6. The number of nitrogens with one attached hydrogen (secondary N) is 2. The molecular formula is C27H30ClN7O3S. The summed E-state index contributed by atoms with van der Waals surface area (Å²) in [4.78, 5) is 12.3. The maximum atomic E-state index is 12.3. The van der Waals surface area contributed by atoms with Crippen molar-refractivity contribution in [1.82, 2.24) is 20.4 Å². The number of halogens is 1. The molecule has 6 N–H and O–H groups in total. The quantitative estimate of drug-likeness (QED) is 0.120. The zero-order valence-electron chi connectivity index (χ0n) is 21.1. The van der Waals surface area contributed by atoms with Crippen molar-refractivity contribution in [2.24, 2.45) is 5.73 Å². The number of benzene rings is 2. The van der Waals surface area contributed by atoms with E-state index >= 15 is 0 Å². The lowest BCUT2D eigenvalue weighted by Crippen LogP contribution is -2.21. The smallest absolute Gasteiger partial charge is 0.259 e. The van der Waals surface area contributed by atoms with Crippen LogP contribution >= 0.6 is 22.9 Å². The topological polar surface area (TPSA) is 159 Å². The molecule has 1 amide bonds. The van der Waals surface area contributed by atoms with Crippen molar-refractivity contribution in [2.75, 3.05) is 10.6 Å². The predicted octanol–water partition coefficient (Wildman–Crippen LogP) is 3.65. The summed E-state index contributed by atoms with van der Waals surface area (Å²) in [6.07, 6.45) is 1.54. The molecule has 0 fully saturated rings. The van der Waals surface area contributed by atoms with Gasteiger partial charge in [-0.3, -0.25) is 4.79 Å². The summed E-state index contributed by atoms with van der Waals surface area (Å²) in [5.41, 5.74) is 8.90. The summed E-state index contributed by atoms with van der Waals surface area (Å²) in [6, 6.07) is 17.8. The number of anilines is 2. The Morgan fingerprint density at radius 3 is 2.51 bits per heavy atom. The fraction of sp³-hybridized carbons (Fsp3) is 0.296. The molecule has 4 aromatic rings. The average molecular weight is 568 g/mol. The Bertz CT molecular complexity index is 1370. The lowest BCUT2D eigenvalue weighted by molar-refractivity contribution is -0.124. The number of hydrogen-bond donors (Lipinski definition) is 5. The molecule has 0 saturated heterocycles. The van der Waals surface area contributed by atoms with Gasteiger partial charge in [-0.05, 0) is 60.2 Å². The van der Waals surface area contributed by atoms with Crippen LogP contribution in [-0.2, 0) is 30.6 Å². The van der Waals surface area contributed by atoms with Crippen molar-refractivity contribution in [1.29, 1.82) is 0 Å². The Morgan fingerprint density at radius 1 is 0.949 bits per heavy atom. The first-order chi connectivity index (χ1) is 18.9. The Hall–Kier alpha value is -3.48. The van der Waals surface area contributed by atoms with Gasteiger partial charge in [-0.2, -0.15) is 5.10 Å². The third-order valence-corrected chi connectivity index (χ3v) is 7.02. The number of aliphatic hydroxyl groups excluding tert-OH is 2. The minimum absolute atomic E-state index is 0.257. The Morgan fingerprint density at radius 2 is 1.74 bits per heavy atom. The van der Waals surface area contributed by atoms with Gasteiger partial charge in [0, 0.05) is 24.4 Å². The number of amides is 1. The van der Waals surface area contributed by atoms with Gasteiger partial charge in [0.25, 0.3) is 5.91 Å². The molecule has 2 aromatic carbocycles. The second-order valence-electron chi connectivity index (χ2n) is 8.95. The largest absolute Gasteiger partial charge is 0.378 e. The molecule has 2 heterocycles. The van der Waals surface area contributed by atoms with Gasteiger partial charge < -0.3 is 26.6 Å². The van der Waals surface area contributed by atoms with Crippen molar-refractivity contribution >= 4 is 39.8 Å². The van der Waals surface area contributed by atoms with Gasteiger partial charge in [-0.1, -0.05) is 59.3 Å². The van der Waals surface area contributed by atoms with Gasteiger partial charge in [0.2, 0.25) is 5.13 Å². The monoisotopic (exact) mass is 567 g/mol. The number of nitrogens with two attached hydrogens (primary N) is 1. The third kappa shape index (κ3) is 8.77. The third-order valence-electron chi connectivity index (χ3n) is 5.87. The second-order valence-corrected chi connectivity index (χ2v) is 10.5. The van der Waals surface area contributed by atoms with Gasteiger partial charge in [0.15, 0.2) is 11.9 Å². The Balaban J connectivity index is 1.17. The van der Waals surface area contributed by atoms with E-state index in [1.54, 1.807) is 30.3 Å². The standard InChI is InChI=1S/C27H30ClN7O3S/c28-20-8-4-7-19(15-20)25(37)26(38)30-22-12-11-21(32-33-22)9-1-2-10-24-34-35-27(39-24)31-23(36)14-17-5-3-6-18(13-17)16-29/h3-8,11-13,15,23,25,36-37H,1-2,9-10,14,16,29H2,(H,31,35)(H,30,33,38). The van der Waals surface area contributed by atoms with Crippen LogP contribution in [0, 0.1) is 0 Å². The van der Waals surface area contributed by atoms with E-state index in [1.165, 1.54) is 17.4 Å². The first-order valence-electron chi connectivity index (χ1n) is 12.5. The number of nitrogens with zero attached hydrogens (tertiary/aromatic N) is 4. The molecule has 0 radical (unpaired) electrons. The molecule has 39 heavy (non-hydrogen) atoms. The molecule has 0 aliphatic heterocycles. The minimum Gasteiger partial charge on any atom is -0.378 e. The SMILES string of the molecule is NCc1cccc(CC(O)Nc2nnc(CCCCc3ccc(NC(=O)C(O)c4cccc(Cl)c4)nn3)s2)c1. The molecule has 0 bridgehead atoms. The van der Waals surface area contributed by atoms with Crippen molar-refractivity contribution < 1.29 is 15.0 Å². The molecule has 0 aliphatic rings. The molecule has 0 aliphatic carbocycles. The van der Waals surface area contributed by atoms with Gasteiger partial charge in [0.05, 0.1) is 5.69 Å². The molecule has 0 saturated carbocycles. The van der Waals surface area contributed by atoms with Crippen molar-refractivity contribution in [3.05, 3.63) is 93.1 Å². The highest BCUT2D eigenvalue weighted by molar-refractivity contribution is 7.15. The summed E-state index contributed by atoms with van der Waals surface area (Å²) in [6.45, 7) is 0.462. The number of hydrogen-bond acceptors (Lipinski definition) is 10. The summed E-state index contributed by atoms with van der Waals surface area (Å²) >= 11 is 7.35. The van der Waals surface area contributed by atoms with Gasteiger partial charge >= 0.3 is 0 Å². The molecule has 0 spiro atoms. The van der Waals surface area contributed by atoms with Crippen LogP contribution in [0.15, 0.2) is 60.7 Å². The number of unbranched alkanes of at least 4 members (excludes halogenated alkanes) is 1. The molecular weight excluding hydrogens is 538 g/mol. The van der Waals surface area contributed by atoms with Gasteiger partial charge in [-0.25, -0.2) is 0 Å². The number of carbonyl (C=O) groups excluding carboxylic acids is 1. The lowest BCUT2D eigenvalue weighted by atomic mass is 10.1. The minimum atomic E-state index is -1.36. The molecule has 12 heteroatoms. The highest BCUT2D eigenvalue weighted by atomic mass is 35.5. The second kappa shape index (κ2) is 14.1. The van der Waals surface area contributed by atoms with Crippen LogP contribution in [0.2, 0.25) is 5.02 Å². The van der Waals surface area contributed by atoms with Crippen LogP contribution < -0.4 is 16.4 Å². The summed E-state index contributed by atoms with van der Waals surface area (Å²) in [7, 11) is 0. The first kappa shape index (κ1) is 28.5. The van der Waals surface area contributed by atoms with E-state index in [-0.39, 0.29) is 5.82 Å². The van der Waals surface area contributed by atoms with Crippen molar-refractivity contribution in [3.8, 4) is 0 Å².